The van der Waals surface area contributed by atoms with Gasteiger partial charge < -0.3 is 4.57 Å². The number of hydrogen-bond donors (Lipinski definition) is 0. The first-order valence-corrected chi connectivity index (χ1v) is 8.57. The monoisotopic (exact) mass is 338 g/mol. The van der Waals surface area contributed by atoms with E-state index in [2.05, 4.69) is 10.2 Å². The maximum absolute atomic E-state index is 12.9. The highest BCUT2D eigenvalue weighted by atomic mass is 32.2. The van der Waals surface area contributed by atoms with E-state index in [0.717, 1.165) is 22.4 Å². The quantitative estimate of drug-likeness (QED) is 0.667. The Hall–Kier alpha value is -2.60. The summed E-state index contributed by atoms with van der Waals surface area (Å²) in [5, 5.41) is 8.86. The van der Waals surface area contributed by atoms with Gasteiger partial charge in [0, 0.05) is 18.4 Å². The summed E-state index contributed by atoms with van der Waals surface area (Å²) in [6.45, 7) is 1.89. The van der Waals surface area contributed by atoms with Gasteiger partial charge in [-0.05, 0) is 31.2 Å². The number of hydrogen-bond acceptors (Lipinski definition) is 4. The van der Waals surface area contributed by atoms with E-state index >= 15 is 0 Å². The summed E-state index contributed by atoms with van der Waals surface area (Å²) in [5.41, 5.74) is 1.70. The predicted octanol–water partition coefficient (Wildman–Crippen LogP) is 3.58. The van der Waals surface area contributed by atoms with Crippen LogP contribution in [-0.4, -0.2) is 26.4 Å². The summed E-state index contributed by atoms with van der Waals surface area (Å²) in [5.74, 6) is 1.11. The number of carbonyl (C=O) groups excluding carboxylic acids is 1. The second-order valence-electron chi connectivity index (χ2n) is 5.28. The van der Waals surface area contributed by atoms with E-state index in [1.807, 2.05) is 79.2 Å². The molecule has 6 heteroatoms. The first-order valence-electron chi connectivity index (χ1n) is 7.58. The summed E-state index contributed by atoms with van der Waals surface area (Å²) in [6.07, 6.45) is 0. The summed E-state index contributed by atoms with van der Waals surface area (Å²) in [7, 11) is 1.90. The molecule has 3 rings (SSSR count). The zero-order valence-electron chi connectivity index (χ0n) is 13.6. The van der Waals surface area contributed by atoms with Crippen LogP contribution in [0.25, 0.3) is 0 Å². The lowest BCUT2D eigenvalue weighted by molar-refractivity contribution is -0.115. The predicted molar refractivity (Wildman–Crippen MR) is 96.5 cm³/mol. The van der Waals surface area contributed by atoms with E-state index in [1.165, 1.54) is 11.8 Å². The van der Waals surface area contributed by atoms with Gasteiger partial charge in [-0.15, -0.1) is 10.2 Å². The van der Waals surface area contributed by atoms with E-state index in [4.69, 9.17) is 0 Å². The lowest BCUT2D eigenvalue weighted by Crippen LogP contribution is -2.27. The average Bonchev–Trinajstić information content (AvgIpc) is 2.94. The lowest BCUT2D eigenvalue weighted by atomic mass is 10.2. The molecule has 5 nitrogen and oxygen atoms in total. The van der Waals surface area contributed by atoms with Crippen molar-refractivity contribution >= 4 is 29.0 Å². The van der Waals surface area contributed by atoms with Crippen LogP contribution in [0.2, 0.25) is 0 Å². The minimum absolute atomic E-state index is 0.00180. The third-order valence-electron chi connectivity index (χ3n) is 3.66. The number of rotatable bonds is 5. The summed E-state index contributed by atoms with van der Waals surface area (Å²) < 4.78 is 1.88. The fourth-order valence-corrected chi connectivity index (χ4v) is 3.10. The minimum Gasteiger partial charge on any atom is -0.309 e. The van der Waals surface area contributed by atoms with Gasteiger partial charge in [0.1, 0.15) is 5.82 Å². The molecule has 0 aliphatic rings. The summed E-state index contributed by atoms with van der Waals surface area (Å²) >= 11 is 1.39. The van der Waals surface area contributed by atoms with Crippen molar-refractivity contribution in [3.05, 3.63) is 66.5 Å². The Morgan fingerprint density at radius 1 is 1.00 bits per heavy atom. The molecule has 2 aromatic carbocycles. The second kappa shape index (κ2) is 7.31. The number of carbonyl (C=O) groups is 1. The molecule has 0 unspecified atom stereocenters. The molecular weight excluding hydrogens is 320 g/mol. The van der Waals surface area contributed by atoms with Gasteiger partial charge in [-0.1, -0.05) is 48.2 Å². The smallest absolute Gasteiger partial charge is 0.242 e. The van der Waals surface area contributed by atoms with E-state index in [1.54, 1.807) is 4.90 Å². The summed E-state index contributed by atoms with van der Waals surface area (Å²) in [4.78, 5) is 14.6. The van der Waals surface area contributed by atoms with Crippen molar-refractivity contribution in [2.24, 2.45) is 7.05 Å². The number of thioether (sulfide) groups is 1. The number of para-hydroxylation sites is 2. The zero-order valence-corrected chi connectivity index (χ0v) is 14.4. The van der Waals surface area contributed by atoms with Gasteiger partial charge in [-0.2, -0.15) is 0 Å². The average molecular weight is 338 g/mol. The third-order valence-corrected chi connectivity index (χ3v) is 4.66. The normalized spacial score (nSPS) is 10.6. The highest BCUT2D eigenvalue weighted by Crippen LogP contribution is 2.27. The highest BCUT2D eigenvalue weighted by molar-refractivity contribution is 7.99. The van der Waals surface area contributed by atoms with Crippen LogP contribution in [0.1, 0.15) is 5.82 Å². The Morgan fingerprint density at radius 2 is 1.54 bits per heavy atom. The molecule has 0 fully saturated rings. The largest absolute Gasteiger partial charge is 0.309 e. The lowest BCUT2D eigenvalue weighted by Gasteiger charge is -2.22. The Balaban J connectivity index is 1.83. The molecule has 1 aromatic heterocycles. The van der Waals surface area contributed by atoms with Crippen molar-refractivity contribution in [3.8, 4) is 0 Å². The van der Waals surface area contributed by atoms with Crippen LogP contribution < -0.4 is 4.90 Å². The van der Waals surface area contributed by atoms with Gasteiger partial charge in [-0.3, -0.25) is 9.69 Å². The first-order chi connectivity index (χ1) is 11.7. The van der Waals surface area contributed by atoms with Crippen LogP contribution >= 0.6 is 11.8 Å². The SMILES string of the molecule is Cc1nnc(SCC(=O)N(c2ccccc2)c2ccccc2)n1C. The van der Waals surface area contributed by atoms with Crippen molar-refractivity contribution < 1.29 is 4.79 Å². The van der Waals surface area contributed by atoms with E-state index in [-0.39, 0.29) is 11.7 Å². The second-order valence-corrected chi connectivity index (χ2v) is 6.22. The first kappa shape index (κ1) is 16.3. The Kier molecular flexibility index (Phi) is 4.96. The molecule has 24 heavy (non-hydrogen) atoms. The van der Waals surface area contributed by atoms with Crippen LogP contribution in [0.3, 0.4) is 0 Å². The number of benzene rings is 2. The van der Waals surface area contributed by atoms with E-state index in [0.29, 0.717) is 0 Å². The number of amides is 1. The van der Waals surface area contributed by atoms with Crippen molar-refractivity contribution in [3.63, 3.8) is 0 Å². The highest BCUT2D eigenvalue weighted by Gasteiger charge is 2.19. The van der Waals surface area contributed by atoms with Gasteiger partial charge >= 0.3 is 0 Å². The third kappa shape index (κ3) is 3.49. The van der Waals surface area contributed by atoms with Crippen LogP contribution in [-0.2, 0) is 11.8 Å². The van der Waals surface area contributed by atoms with Crippen molar-refractivity contribution in [1.29, 1.82) is 0 Å². The van der Waals surface area contributed by atoms with Crippen LogP contribution in [0, 0.1) is 6.92 Å². The maximum atomic E-state index is 12.9. The molecule has 0 saturated heterocycles. The molecule has 1 heterocycles. The molecule has 3 aromatic rings. The Labute approximate surface area is 145 Å². The summed E-state index contributed by atoms with van der Waals surface area (Å²) in [6, 6.07) is 19.3. The molecule has 0 radical (unpaired) electrons. The topological polar surface area (TPSA) is 51.0 Å². The van der Waals surface area contributed by atoms with Crippen molar-refractivity contribution in [2.75, 3.05) is 10.7 Å². The van der Waals surface area contributed by atoms with Crippen LogP contribution in [0.5, 0.6) is 0 Å². The number of aryl methyl sites for hydroxylation is 1. The van der Waals surface area contributed by atoms with E-state index < -0.39 is 0 Å². The van der Waals surface area contributed by atoms with Crippen LogP contribution in [0.4, 0.5) is 11.4 Å². The maximum Gasteiger partial charge on any atom is 0.242 e. The molecule has 0 atom stereocenters. The molecule has 0 bridgehead atoms. The van der Waals surface area contributed by atoms with Crippen LogP contribution in [0.15, 0.2) is 65.8 Å². The molecule has 0 spiro atoms. The minimum atomic E-state index is -0.00180. The molecule has 0 N–H and O–H groups in total. The number of anilines is 2. The molecular formula is C18H18N4OS. The van der Waals surface area contributed by atoms with Gasteiger partial charge in [0.25, 0.3) is 0 Å². The van der Waals surface area contributed by atoms with Crippen molar-refractivity contribution in [2.45, 2.75) is 12.1 Å². The van der Waals surface area contributed by atoms with Gasteiger partial charge in [0.2, 0.25) is 5.91 Å². The number of aromatic nitrogens is 3. The molecule has 1 amide bonds. The fraction of sp³-hybridized carbons (Fsp3) is 0.167. The standard InChI is InChI=1S/C18H18N4OS/c1-14-19-20-18(21(14)2)24-13-17(23)22(15-9-5-3-6-10-15)16-11-7-4-8-12-16/h3-12H,13H2,1-2H3. The molecule has 0 aliphatic carbocycles. The zero-order chi connectivity index (χ0) is 16.9. The van der Waals surface area contributed by atoms with Gasteiger partial charge in [0.05, 0.1) is 5.75 Å². The Bertz CT molecular complexity index is 778. The van der Waals surface area contributed by atoms with Gasteiger partial charge in [0.15, 0.2) is 5.16 Å². The molecule has 122 valence electrons. The van der Waals surface area contributed by atoms with Crippen molar-refractivity contribution in [1.82, 2.24) is 14.8 Å². The van der Waals surface area contributed by atoms with E-state index in [9.17, 15) is 4.79 Å². The Morgan fingerprint density at radius 3 is 2.00 bits per heavy atom. The molecule has 0 aliphatic heterocycles. The number of nitrogens with zero attached hydrogens (tertiary/aromatic N) is 4. The van der Waals surface area contributed by atoms with Gasteiger partial charge in [-0.25, -0.2) is 0 Å². The fourth-order valence-electron chi connectivity index (χ4n) is 2.30. The molecule has 0 saturated carbocycles.